The van der Waals surface area contributed by atoms with E-state index in [1.54, 1.807) is 12.5 Å². The number of nitrogens with zero attached hydrogens (tertiary/aromatic N) is 1. The maximum Gasteiger partial charge on any atom is 0.304 e. The van der Waals surface area contributed by atoms with Crippen molar-refractivity contribution >= 4 is 11.7 Å². The van der Waals surface area contributed by atoms with Gasteiger partial charge >= 0.3 is 5.97 Å². The van der Waals surface area contributed by atoms with Crippen molar-refractivity contribution in [3.63, 3.8) is 0 Å². The van der Waals surface area contributed by atoms with Crippen LogP contribution in [0.15, 0.2) is 47.3 Å². The summed E-state index contributed by atoms with van der Waals surface area (Å²) >= 11 is 0. The molecule has 1 atom stereocenters. The highest BCUT2D eigenvalue weighted by Crippen LogP contribution is 2.38. The lowest BCUT2D eigenvalue weighted by molar-refractivity contribution is -0.137. The number of carbonyl (C=O) groups is 1. The highest BCUT2D eigenvalue weighted by Gasteiger charge is 2.29. The van der Waals surface area contributed by atoms with Crippen molar-refractivity contribution in [3.05, 3.63) is 54.0 Å². The molecule has 1 aromatic carbocycles. The summed E-state index contributed by atoms with van der Waals surface area (Å²) in [5.74, 6) is -0.675. The second-order valence-corrected chi connectivity index (χ2v) is 4.87. The molecule has 0 spiro atoms. The second-order valence-electron chi connectivity index (χ2n) is 4.87. The van der Waals surface area contributed by atoms with Gasteiger partial charge in [0.25, 0.3) is 0 Å². The number of carboxylic acid groups (broad SMARTS) is 1. The van der Waals surface area contributed by atoms with Crippen LogP contribution in [0.25, 0.3) is 0 Å². The summed E-state index contributed by atoms with van der Waals surface area (Å²) in [5.41, 5.74) is 3.37. The molecule has 0 saturated carbocycles. The van der Waals surface area contributed by atoms with Gasteiger partial charge in [0, 0.05) is 30.3 Å². The minimum Gasteiger partial charge on any atom is -0.481 e. The molecule has 0 radical (unpaired) electrons. The Balaban J connectivity index is 1.86. The molecule has 2 heterocycles. The third kappa shape index (κ3) is 2.34. The van der Waals surface area contributed by atoms with Crippen LogP contribution in [0.3, 0.4) is 0 Å². The van der Waals surface area contributed by atoms with Crippen LogP contribution in [0.4, 0.5) is 5.69 Å². The molecule has 2 aromatic rings. The average Bonchev–Trinajstić information content (AvgIpc) is 2.99. The fourth-order valence-electron chi connectivity index (χ4n) is 2.72. The van der Waals surface area contributed by atoms with Gasteiger partial charge in [0.15, 0.2) is 0 Å². The Bertz CT molecular complexity index is 577. The molecule has 0 aliphatic carbocycles. The Morgan fingerprint density at radius 3 is 2.95 bits per heavy atom. The summed E-state index contributed by atoms with van der Waals surface area (Å²) in [6.45, 7) is 1.50. The monoisotopic (exact) mass is 257 g/mol. The number of rotatable bonds is 4. The predicted octanol–water partition coefficient (Wildman–Crippen LogP) is 2.86. The summed E-state index contributed by atoms with van der Waals surface area (Å²) < 4.78 is 5.08. The van der Waals surface area contributed by atoms with Crippen molar-refractivity contribution in [1.29, 1.82) is 0 Å². The van der Waals surface area contributed by atoms with Crippen LogP contribution in [-0.4, -0.2) is 17.6 Å². The summed E-state index contributed by atoms with van der Waals surface area (Å²) in [7, 11) is 0. The molecule has 1 aromatic heterocycles. The van der Waals surface area contributed by atoms with Crippen LogP contribution in [0.5, 0.6) is 0 Å². The van der Waals surface area contributed by atoms with Crippen LogP contribution in [0.2, 0.25) is 0 Å². The molecular weight excluding hydrogens is 242 g/mol. The summed E-state index contributed by atoms with van der Waals surface area (Å²) in [6.07, 6.45) is 3.57. The molecule has 1 aliphatic heterocycles. The summed E-state index contributed by atoms with van der Waals surface area (Å²) in [6, 6.07) is 9.97. The van der Waals surface area contributed by atoms with Gasteiger partial charge in [-0.15, -0.1) is 0 Å². The van der Waals surface area contributed by atoms with Crippen molar-refractivity contribution in [2.75, 3.05) is 11.4 Å². The molecular formula is C15H15NO3. The molecule has 1 unspecified atom stereocenters. The first-order chi connectivity index (χ1) is 9.24. The van der Waals surface area contributed by atoms with Gasteiger partial charge in [0.2, 0.25) is 0 Å². The van der Waals surface area contributed by atoms with E-state index >= 15 is 0 Å². The van der Waals surface area contributed by atoms with Gasteiger partial charge in [-0.3, -0.25) is 4.79 Å². The Labute approximate surface area is 111 Å². The molecule has 3 rings (SSSR count). The molecule has 0 fully saturated rings. The van der Waals surface area contributed by atoms with Gasteiger partial charge in [0.05, 0.1) is 18.9 Å². The first-order valence-electron chi connectivity index (χ1n) is 6.31. The van der Waals surface area contributed by atoms with Gasteiger partial charge < -0.3 is 14.4 Å². The van der Waals surface area contributed by atoms with Gasteiger partial charge in [-0.1, -0.05) is 18.2 Å². The number of benzene rings is 1. The van der Waals surface area contributed by atoms with E-state index in [9.17, 15) is 4.79 Å². The van der Waals surface area contributed by atoms with Crippen molar-refractivity contribution in [3.8, 4) is 0 Å². The van der Waals surface area contributed by atoms with Crippen molar-refractivity contribution in [2.45, 2.75) is 18.9 Å². The normalized spacial score (nSPS) is 17.5. The van der Waals surface area contributed by atoms with Crippen molar-refractivity contribution < 1.29 is 14.3 Å². The van der Waals surface area contributed by atoms with E-state index < -0.39 is 5.97 Å². The van der Waals surface area contributed by atoms with E-state index in [0.717, 1.165) is 29.9 Å². The van der Waals surface area contributed by atoms with Crippen molar-refractivity contribution in [1.82, 2.24) is 0 Å². The maximum atomic E-state index is 11.0. The minimum atomic E-state index is -0.745. The van der Waals surface area contributed by atoms with E-state index in [4.69, 9.17) is 9.52 Å². The van der Waals surface area contributed by atoms with Crippen LogP contribution in [0.1, 0.15) is 23.5 Å². The Morgan fingerprint density at radius 2 is 2.21 bits per heavy atom. The number of para-hydroxylation sites is 1. The van der Waals surface area contributed by atoms with E-state index in [1.165, 1.54) is 0 Å². The lowest BCUT2D eigenvalue weighted by Gasteiger charge is -2.18. The maximum absolute atomic E-state index is 11.0. The highest BCUT2D eigenvalue weighted by atomic mass is 16.4. The van der Waals surface area contributed by atoms with Gasteiger partial charge in [-0.25, -0.2) is 0 Å². The highest BCUT2D eigenvalue weighted by molar-refractivity contribution is 5.71. The number of anilines is 1. The molecule has 0 saturated heterocycles. The number of aliphatic carboxylic acids is 1. The quantitative estimate of drug-likeness (QED) is 0.915. The first kappa shape index (κ1) is 11.8. The number of fused-ring (bicyclic) bond motifs is 1. The predicted molar refractivity (Wildman–Crippen MR) is 71.2 cm³/mol. The summed E-state index contributed by atoms with van der Waals surface area (Å²) in [5, 5.41) is 9.01. The lowest BCUT2D eigenvalue weighted by Crippen LogP contribution is -2.21. The third-order valence-corrected chi connectivity index (χ3v) is 3.53. The molecule has 0 amide bonds. The van der Waals surface area contributed by atoms with Crippen LogP contribution in [0, 0.1) is 0 Å². The molecule has 0 bridgehead atoms. The van der Waals surface area contributed by atoms with Gasteiger partial charge in [0.1, 0.15) is 0 Å². The number of furan rings is 1. The standard InChI is InChI=1S/C15H15NO3/c17-15(18)7-12-9-16(8-11-5-6-19-10-11)14-4-2-1-3-13(12)14/h1-6,10,12H,7-9H2,(H,17,18). The Kier molecular flexibility index (Phi) is 2.99. The van der Waals surface area contributed by atoms with Crippen molar-refractivity contribution in [2.24, 2.45) is 0 Å². The number of hydrogen-bond acceptors (Lipinski definition) is 3. The van der Waals surface area contributed by atoms with E-state index in [2.05, 4.69) is 11.0 Å². The first-order valence-corrected chi connectivity index (χ1v) is 6.31. The summed E-state index contributed by atoms with van der Waals surface area (Å²) in [4.78, 5) is 13.2. The number of hydrogen-bond donors (Lipinski definition) is 1. The minimum absolute atomic E-state index is 0.0700. The Morgan fingerprint density at radius 1 is 1.37 bits per heavy atom. The fourth-order valence-corrected chi connectivity index (χ4v) is 2.72. The zero-order valence-electron chi connectivity index (χ0n) is 10.5. The molecule has 1 aliphatic rings. The SMILES string of the molecule is O=C(O)CC1CN(Cc2ccoc2)c2ccccc21. The molecule has 4 heteroatoms. The topological polar surface area (TPSA) is 53.7 Å². The third-order valence-electron chi connectivity index (χ3n) is 3.53. The van der Waals surface area contributed by atoms with E-state index in [1.807, 2.05) is 24.3 Å². The molecule has 1 N–H and O–H groups in total. The largest absolute Gasteiger partial charge is 0.481 e. The average molecular weight is 257 g/mol. The lowest BCUT2D eigenvalue weighted by atomic mass is 9.98. The number of carboxylic acids is 1. The fraction of sp³-hybridized carbons (Fsp3) is 0.267. The smallest absolute Gasteiger partial charge is 0.304 e. The van der Waals surface area contributed by atoms with Gasteiger partial charge in [-0.2, -0.15) is 0 Å². The van der Waals surface area contributed by atoms with Crippen LogP contribution in [-0.2, 0) is 11.3 Å². The Hall–Kier alpha value is -2.23. The molecule has 98 valence electrons. The zero-order chi connectivity index (χ0) is 13.2. The molecule has 4 nitrogen and oxygen atoms in total. The molecule has 19 heavy (non-hydrogen) atoms. The van der Waals surface area contributed by atoms with E-state index in [0.29, 0.717) is 0 Å². The van der Waals surface area contributed by atoms with E-state index in [-0.39, 0.29) is 12.3 Å². The van der Waals surface area contributed by atoms with Crippen LogP contribution >= 0.6 is 0 Å². The van der Waals surface area contributed by atoms with Gasteiger partial charge in [-0.05, 0) is 17.7 Å². The zero-order valence-corrected chi connectivity index (χ0v) is 10.5. The second kappa shape index (κ2) is 4.80. The van der Waals surface area contributed by atoms with Crippen LogP contribution < -0.4 is 4.90 Å².